The lowest BCUT2D eigenvalue weighted by molar-refractivity contribution is -0.308. The molecule has 0 aromatic heterocycles. The van der Waals surface area contributed by atoms with Crippen LogP contribution in [0.2, 0.25) is 0 Å². The summed E-state index contributed by atoms with van der Waals surface area (Å²) >= 11 is 0. The van der Waals surface area contributed by atoms with Crippen molar-refractivity contribution in [3.8, 4) is 0 Å². The zero-order valence-corrected chi connectivity index (χ0v) is 15.5. The van der Waals surface area contributed by atoms with E-state index in [9.17, 15) is 19.5 Å². The van der Waals surface area contributed by atoms with E-state index < -0.39 is 23.7 Å². The minimum absolute atomic E-state index is 0.0153. The van der Waals surface area contributed by atoms with E-state index in [0.29, 0.717) is 16.7 Å². The third kappa shape index (κ3) is 6.26. The number of alkyl carbamates (subject to hydrolysis) is 1. The smallest absolute Gasteiger partial charge is 0.408 e. The number of nitrogens with one attached hydrogen (secondary N) is 1. The van der Waals surface area contributed by atoms with Crippen molar-refractivity contribution in [2.24, 2.45) is 0 Å². The fourth-order valence-corrected chi connectivity index (χ4v) is 2.43. The minimum atomic E-state index is -1.41. The van der Waals surface area contributed by atoms with Crippen LogP contribution in [0.1, 0.15) is 42.3 Å². The highest BCUT2D eigenvalue weighted by Crippen LogP contribution is 2.13. The number of benzene rings is 2. The largest absolute Gasteiger partial charge is 0.548 e. The summed E-state index contributed by atoms with van der Waals surface area (Å²) in [4.78, 5) is 35.5. The standard InChI is InChI=1S/C21H23NO5/c1-21(2,3)27-20(26)22-17(19(24)25)13-14-9-11-16(12-10-14)18(23)15-7-5-4-6-8-15/h4-12,17H,13H2,1-3H3,(H,22,26)(H,24,25)/p-1/t17-/m1/s1. The summed E-state index contributed by atoms with van der Waals surface area (Å²) in [5, 5.41) is 13.6. The molecular formula is C21H22NO5-. The van der Waals surface area contributed by atoms with Crippen molar-refractivity contribution in [3.05, 3.63) is 71.3 Å². The molecule has 27 heavy (non-hydrogen) atoms. The second kappa shape index (κ2) is 8.49. The summed E-state index contributed by atoms with van der Waals surface area (Å²) in [6.45, 7) is 5.05. The third-order valence-electron chi connectivity index (χ3n) is 3.67. The fraction of sp³-hybridized carbons (Fsp3) is 0.286. The Kier molecular flexibility index (Phi) is 6.34. The molecule has 1 N–H and O–H groups in total. The number of carboxylic acids is 1. The molecule has 142 valence electrons. The molecule has 0 fully saturated rings. The molecule has 0 saturated carbocycles. The van der Waals surface area contributed by atoms with Gasteiger partial charge in [-0.2, -0.15) is 0 Å². The van der Waals surface area contributed by atoms with E-state index in [1.165, 1.54) is 0 Å². The molecule has 2 aromatic carbocycles. The van der Waals surface area contributed by atoms with Crippen molar-refractivity contribution in [2.45, 2.75) is 38.8 Å². The predicted octanol–water partition coefficient (Wildman–Crippen LogP) is 2.10. The number of hydrogen-bond donors (Lipinski definition) is 1. The quantitative estimate of drug-likeness (QED) is 0.788. The number of rotatable bonds is 6. The Balaban J connectivity index is 2.05. The lowest BCUT2D eigenvalue weighted by Crippen LogP contribution is -2.50. The van der Waals surface area contributed by atoms with E-state index in [1.807, 2.05) is 6.07 Å². The van der Waals surface area contributed by atoms with Gasteiger partial charge in [0.25, 0.3) is 0 Å². The van der Waals surface area contributed by atoms with Gasteiger partial charge < -0.3 is 20.0 Å². The highest BCUT2D eigenvalue weighted by atomic mass is 16.6. The van der Waals surface area contributed by atoms with Crippen molar-refractivity contribution < 1.29 is 24.2 Å². The van der Waals surface area contributed by atoms with E-state index in [-0.39, 0.29) is 12.2 Å². The molecule has 0 heterocycles. The molecule has 2 rings (SSSR count). The zero-order chi connectivity index (χ0) is 20.0. The molecule has 0 unspecified atom stereocenters. The van der Waals surface area contributed by atoms with Gasteiger partial charge in [0.05, 0.1) is 12.0 Å². The first kappa shape index (κ1) is 20.2. The molecule has 1 atom stereocenters. The molecule has 0 aliphatic carbocycles. The summed E-state index contributed by atoms with van der Waals surface area (Å²) in [5.41, 5.74) is 0.976. The third-order valence-corrected chi connectivity index (χ3v) is 3.67. The van der Waals surface area contributed by atoms with Crippen LogP contribution in [0.3, 0.4) is 0 Å². The number of aliphatic carboxylic acids is 1. The van der Waals surface area contributed by atoms with Gasteiger partial charge in [-0.25, -0.2) is 4.79 Å². The van der Waals surface area contributed by atoms with Gasteiger partial charge in [-0.3, -0.25) is 4.79 Å². The van der Waals surface area contributed by atoms with E-state index >= 15 is 0 Å². The Morgan fingerprint density at radius 1 is 0.963 bits per heavy atom. The Bertz CT molecular complexity index is 807. The Labute approximate surface area is 158 Å². The van der Waals surface area contributed by atoms with Crippen molar-refractivity contribution >= 4 is 17.8 Å². The molecule has 0 radical (unpaired) electrons. The van der Waals surface area contributed by atoms with Crippen LogP contribution in [0.4, 0.5) is 4.79 Å². The Morgan fingerprint density at radius 2 is 1.52 bits per heavy atom. The van der Waals surface area contributed by atoms with Gasteiger partial charge in [0.2, 0.25) is 0 Å². The molecule has 6 heteroatoms. The molecule has 1 amide bonds. The molecular weight excluding hydrogens is 346 g/mol. The van der Waals surface area contributed by atoms with Gasteiger partial charge in [0, 0.05) is 11.1 Å². The average molecular weight is 368 g/mol. The van der Waals surface area contributed by atoms with E-state index in [4.69, 9.17) is 4.74 Å². The van der Waals surface area contributed by atoms with Crippen molar-refractivity contribution in [1.82, 2.24) is 5.32 Å². The van der Waals surface area contributed by atoms with Gasteiger partial charge in [0.1, 0.15) is 5.60 Å². The topological polar surface area (TPSA) is 95.5 Å². The molecule has 0 aliphatic rings. The van der Waals surface area contributed by atoms with Crippen LogP contribution in [0.25, 0.3) is 0 Å². The van der Waals surface area contributed by atoms with Gasteiger partial charge in [-0.15, -0.1) is 0 Å². The number of carbonyl (C=O) groups is 3. The first-order valence-electron chi connectivity index (χ1n) is 8.55. The zero-order valence-electron chi connectivity index (χ0n) is 15.5. The number of hydrogen-bond acceptors (Lipinski definition) is 5. The van der Waals surface area contributed by atoms with E-state index in [0.717, 1.165) is 0 Å². The number of ketones is 1. The van der Waals surface area contributed by atoms with Gasteiger partial charge in [-0.05, 0) is 32.8 Å². The molecule has 0 saturated heterocycles. The molecule has 0 aliphatic heterocycles. The highest BCUT2D eigenvalue weighted by Gasteiger charge is 2.20. The van der Waals surface area contributed by atoms with Crippen molar-refractivity contribution in [3.63, 3.8) is 0 Å². The summed E-state index contributed by atoms with van der Waals surface area (Å²) < 4.78 is 5.07. The highest BCUT2D eigenvalue weighted by molar-refractivity contribution is 6.08. The summed E-state index contributed by atoms with van der Waals surface area (Å²) in [6, 6.07) is 14.2. The summed E-state index contributed by atoms with van der Waals surface area (Å²) in [7, 11) is 0. The number of ether oxygens (including phenoxy) is 1. The Morgan fingerprint density at radius 3 is 2.04 bits per heavy atom. The molecule has 6 nitrogen and oxygen atoms in total. The number of amides is 1. The van der Waals surface area contributed by atoms with Crippen LogP contribution in [-0.2, 0) is 16.0 Å². The maximum Gasteiger partial charge on any atom is 0.408 e. The number of carboxylic acid groups (broad SMARTS) is 1. The molecule has 0 bridgehead atoms. The average Bonchev–Trinajstić information content (AvgIpc) is 2.60. The SMILES string of the molecule is CC(C)(C)OC(=O)N[C@H](Cc1ccc(C(=O)c2ccccc2)cc1)C(=O)[O-]. The lowest BCUT2D eigenvalue weighted by atomic mass is 9.99. The first-order chi connectivity index (χ1) is 12.7. The second-order valence-corrected chi connectivity index (χ2v) is 7.11. The Hall–Kier alpha value is -3.15. The summed E-state index contributed by atoms with van der Waals surface area (Å²) in [6.07, 6.45) is -0.811. The maximum absolute atomic E-state index is 12.4. The second-order valence-electron chi connectivity index (χ2n) is 7.11. The van der Waals surface area contributed by atoms with Crippen LogP contribution in [0, 0.1) is 0 Å². The van der Waals surface area contributed by atoms with Crippen molar-refractivity contribution in [1.29, 1.82) is 0 Å². The maximum atomic E-state index is 12.4. The van der Waals surface area contributed by atoms with Gasteiger partial charge in [-0.1, -0.05) is 54.6 Å². The lowest BCUT2D eigenvalue weighted by Gasteiger charge is -2.24. The van der Waals surface area contributed by atoms with Crippen LogP contribution < -0.4 is 10.4 Å². The van der Waals surface area contributed by atoms with Gasteiger partial charge >= 0.3 is 6.09 Å². The first-order valence-corrected chi connectivity index (χ1v) is 8.55. The minimum Gasteiger partial charge on any atom is -0.548 e. The monoisotopic (exact) mass is 368 g/mol. The summed E-state index contributed by atoms with van der Waals surface area (Å²) in [5.74, 6) is -1.53. The fourth-order valence-electron chi connectivity index (χ4n) is 2.43. The predicted molar refractivity (Wildman–Crippen MR) is 98.2 cm³/mol. The number of carbonyl (C=O) groups excluding carboxylic acids is 3. The van der Waals surface area contributed by atoms with Crippen LogP contribution in [0.15, 0.2) is 54.6 Å². The van der Waals surface area contributed by atoms with Crippen molar-refractivity contribution in [2.75, 3.05) is 0 Å². The molecule has 2 aromatic rings. The van der Waals surface area contributed by atoms with Crippen LogP contribution >= 0.6 is 0 Å². The van der Waals surface area contributed by atoms with Gasteiger partial charge in [0.15, 0.2) is 5.78 Å². The normalized spacial score (nSPS) is 12.1. The van der Waals surface area contributed by atoms with Crippen LogP contribution in [-0.4, -0.2) is 29.5 Å². The van der Waals surface area contributed by atoms with E-state index in [2.05, 4.69) is 5.32 Å². The molecule has 0 spiro atoms. The van der Waals surface area contributed by atoms with Crippen LogP contribution in [0.5, 0.6) is 0 Å². The van der Waals surface area contributed by atoms with E-state index in [1.54, 1.807) is 69.3 Å².